The van der Waals surface area contributed by atoms with Crippen LogP contribution in [0.4, 0.5) is 0 Å². The first-order chi connectivity index (χ1) is 21.1. The quantitative estimate of drug-likeness (QED) is 0.204. The molecule has 7 heteroatoms. The van der Waals surface area contributed by atoms with Crippen molar-refractivity contribution >= 4 is 23.7 Å². The van der Waals surface area contributed by atoms with Gasteiger partial charge in [-0.1, -0.05) is 67.4 Å². The molecule has 0 aromatic carbocycles. The van der Waals surface area contributed by atoms with Gasteiger partial charge in [0.05, 0.1) is 11.8 Å². The summed E-state index contributed by atoms with van der Waals surface area (Å²) in [6.45, 7) is 21.1. The number of hydrogen-bond acceptors (Lipinski definition) is 5. The van der Waals surface area contributed by atoms with Gasteiger partial charge in [0.2, 0.25) is 0 Å². The second-order valence-corrected chi connectivity index (χ2v) is 17.9. The fourth-order valence-corrected chi connectivity index (χ4v) is 11.2. The third-order valence-electron chi connectivity index (χ3n) is 14.1. The van der Waals surface area contributed by atoms with E-state index in [2.05, 4.69) is 55.4 Å². The normalized spacial score (nSPS) is 35.8. The van der Waals surface area contributed by atoms with Crippen molar-refractivity contribution in [1.82, 2.24) is 0 Å². The van der Waals surface area contributed by atoms with Crippen molar-refractivity contribution in [2.24, 2.45) is 56.7 Å². The fourth-order valence-electron chi connectivity index (χ4n) is 11.2. The molecule has 46 heavy (non-hydrogen) atoms. The first-order valence-electron chi connectivity index (χ1n) is 18.1. The lowest BCUT2D eigenvalue weighted by atomic mass is 9.36. The molecule has 0 bridgehead atoms. The number of esters is 1. The summed E-state index contributed by atoms with van der Waals surface area (Å²) in [5.41, 5.74) is 0.982. The lowest BCUT2D eigenvalue weighted by molar-refractivity contribution is -0.175. The molecule has 260 valence electrons. The minimum absolute atomic E-state index is 0.0104. The molecule has 0 radical (unpaired) electrons. The summed E-state index contributed by atoms with van der Waals surface area (Å²) in [4.78, 5) is 50.2. The molecule has 0 aromatic heterocycles. The smallest absolute Gasteiger partial charge is 0.309 e. The van der Waals surface area contributed by atoms with Crippen molar-refractivity contribution in [2.75, 3.05) is 0 Å². The number of allylic oxidation sites excluding steroid dienone is 2. The third-order valence-corrected chi connectivity index (χ3v) is 14.1. The Morgan fingerprint density at radius 1 is 0.935 bits per heavy atom. The van der Waals surface area contributed by atoms with Gasteiger partial charge in [0.15, 0.2) is 5.78 Å². The average molecular weight is 643 g/mol. The van der Waals surface area contributed by atoms with Gasteiger partial charge in [-0.2, -0.15) is 0 Å². The van der Waals surface area contributed by atoms with Gasteiger partial charge in [-0.25, -0.2) is 0 Å². The highest BCUT2D eigenvalue weighted by atomic mass is 16.5. The summed E-state index contributed by atoms with van der Waals surface area (Å²) in [6.07, 6.45) is 9.29. The summed E-state index contributed by atoms with van der Waals surface area (Å²) in [7, 11) is 0. The van der Waals surface area contributed by atoms with E-state index < -0.39 is 23.3 Å². The number of carboxylic acid groups (broad SMARTS) is 2. The Morgan fingerprint density at radius 2 is 1.59 bits per heavy atom. The number of hydrogen-bond donors (Lipinski definition) is 2. The number of ketones is 1. The zero-order valence-electron chi connectivity index (χ0n) is 30.4. The van der Waals surface area contributed by atoms with E-state index in [9.17, 15) is 29.4 Å². The van der Waals surface area contributed by atoms with E-state index in [4.69, 9.17) is 4.74 Å². The number of rotatable bonds is 12. The second kappa shape index (κ2) is 12.7. The van der Waals surface area contributed by atoms with Crippen LogP contribution in [0.2, 0.25) is 0 Å². The maximum Gasteiger partial charge on any atom is 0.309 e. The minimum Gasteiger partial charge on any atom is -0.481 e. The Morgan fingerprint density at radius 3 is 2.15 bits per heavy atom. The van der Waals surface area contributed by atoms with E-state index >= 15 is 0 Å². The topological polar surface area (TPSA) is 118 Å². The van der Waals surface area contributed by atoms with Crippen LogP contribution in [0.5, 0.6) is 0 Å². The number of Topliss-reactive ketones (excluding diaryl/α,β-unsaturated/α-hetero) is 1. The van der Waals surface area contributed by atoms with Gasteiger partial charge in [-0.05, 0) is 117 Å². The number of carboxylic acids is 2. The summed E-state index contributed by atoms with van der Waals surface area (Å²) >= 11 is 0. The van der Waals surface area contributed by atoms with Crippen molar-refractivity contribution in [2.45, 2.75) is 152 Å². The van der Waals surface area contributed by atoms with E-state index in [1.54, 1.807) is 13.8 Å². The first-order valence-corrected chi connectivity index (χ1v) is 18.1. The van der Waals surface area contributed by atoms with E-state index in [0.717, 1.165) is 63.4 Å². The lowest BCUT2D eigenvalue weighted by Crippen LogP contribution is -2.61. The van der Waals surface area contributed by atoms with Crippen molar-refractivity contribution < 1.29 is 34.1 Å². The van der Waals surface area contributed by atoms with Gasteiger partial charge in [0.1, 0.15) is 6.10 Å². The molecule has 3 fully saturated rings. The lowest BCUT2D eigenvalue weighted by Gasteiger charge is -2.69. The van der Waals surface area contributed by atoms with Gasteiger partial charge in [0, 0.05) is 18.3 Å². The van der Waals surface area contributed by atoms with Gasteiger partial charge in [-0.3, -0.25) is 19.2 Å². The molecule has 4 aliphatic carbocycles. The van der Waals surface area contributed by atoms with Crippen LogP contribution in [0.25, 0.3) is 0 Å². The summed E-state index contributed by atoms with van der Waals surface area (Å²) < 4.78 is 5.97. The van der Waals surface area contributed by atoms with E-state index in [0.29, 0.717) is 12.3 Å². The molecule has 7 nitrogen and oxygen atoms in total. The highest BCUT2D eigenvalue weighted by molar-refractivity contribution is 6.00. The molecule has 8 atom stereocenters. The van der Waals surface area contributed by atoms with Crippen LogP contribution in [0.1, 0.15) is 146 Å². The third kappa shape index (κ3) is 6.11. The molecule has 3 saturated carbocycles. The maximum atomic E-state index is 13.7. The van der Waals surface area contributed by atoms with Crippen LogP contribution in [0.15, 0.2) is 11.1 Å². The van der Waals surface area contributed by atoms with E-state index in [-0.39, 0.29) is 70.1 Å². The number of aliphatic carboxylic acids is 2. The van der Waals surface area contributed by atoms with Crippen molar-refractivity contribution in [3.05, 3.63) is 11.1 Å². The number of carbonyl (C=O) groups excluding carboxylic acids is 2. The molecule has 4 rings (SSSR count). The summed E-state index contributed by atoms with van der Waals surface area (Å²) in [5.74, 6) is -1.03. The van der Waals surface area contributed by atoms with Gasteiger partial charge in [-0.15, -0.1) is 0 Å². The van der Waals surface area contributed by atoms with Crippen LogP contribution >= 0.6 is 0 Å². The second-order valence-electron chi connectivity index (χ2n) is 17.9. The summed E-state index contributed by atoms with van der Waals surface area (Å²) in [5, 5.41) is 19.3. The van der Waals surface area contributed by atoms with Crippen LogP contribution < -0.4 is 0 Å². The Hall–Kier alpha value is -2.18. The highest BCUT2D eigenvalue weighted by Crippen LogP contribution is 2.75. The first kappa shape index (κ1) is 36.7. The molecule has 0 aromatic rings. The molecule has 0 spiro atoms. The molecular formula is C39H62O7. The molecule has 0 heterocycles. The van der Waals surface area contributed by atoms with Crippen LogP contribution in [-0.2, 0) is 23.9 Å². The zero-order valence-corrected chi connectivity index (χ0v) is 30.4. The van der Waals surface area contributed by atoms with Crippen LogP contribution in [-0.4, -0.2) is 40.0 Å². The molecule has 4 aliphatic rings. The van der Waals surface area contributed by atoms with Gasteiger partial charge < -0.3 is 14.9 Å². The van der Waals surface area contributed by atoms with Crippen molar-refractivity contribution in [3.63, 3.8) is 0 Å². The van der Waals surface area contributed by atoms with Crippen molar-refractivity contribution in [3.8, 4) is 0 Å². The van der Waals surface area contributed by atoms with Crippen LogP contribution in [0.3, 0.4) is 0 Å². The molecule has 2 N–H and O–H groups in total. The van der Waals surface area contributed by atoms with Crippen LogP contribution in [0, 0.1) is 56.7 Å². The van der Waals surface area contributed by atoms with Gasteiger partial charge >= 0.3 is 17.9 Å². The zero-order chi connectivity index (χ0) is 34.6. The SMILES string of the molecule is CC(C)C1=C2C3CCC4C(C)(CCC(OC(=O)CC(C)(C)C(=O)O)C(C)C)CCCC4(C)C3(C)CCC2(C(C)CC(=O)O)CC1=O. The molecular weight excluding hydrogens is 580 g/mol. The largest absolute Gasteiger partial charge is 0.481 e. The fraction of sp³-hybridized carbons (Fsp3) is 0.846. The number of carbonyl (C=O) groups is 4. The molecule has 0 saturated heterocycles. The maximum absolute atomic E-state index is 13.7. The van der Waals surface area contributed by atoms with E-state index in [1.807, 2.05) is 0 Å². The van der Waals surface area contributed by atoms with E-state index in [1.165, 1.54) is 5.57 Å². The molecule has 8 unspecified atom stereocenters. The van der Waals surface area contributed by atoms with Crippen molar-refractivity contribution in [1.29, 1.82) is 0 Å². The predicted octanol–water partition coefficient (Wildman–Crippen LogP) is 8.88. The Labute approximate surface area is 277 Å². The molecule has 0 aliphatic heterocycles. The number of fused-ring (bicyclic) bond motifs is 5. The monoisotopic (exact) mass is 642 g/mol. The Balaban J connectivity index is 1.62. The predicted molar refractivity (Wildman–Crippen MR) is 179 cm³/mol. The minimum atomic E-state index is -1.17. The average Bonchev–Trinajstić information content (AvgIpc) is 3.24. The Kier molecular flexibility index (Phi) is 10.1. The Bertz CT molecular complexity index is 1260. The highest BCUT2D eigenvalue weighted by Gasteiger charge is 2.67. The van der Waals surface area contributed by atoms with Gasteiger partial charge in [0.25, 0.3) is 0 Å². The molecule has 0 amide bonds. The summed E-state index contributed by atoms with van der Waals surface area (Å²) in [6, 6.07) is 0. The standard InChI is InChI=1S/C39H62O7/c1-23(2)28(46-31(43)22-35(6,7)34(44)45)14-17-36(8)15-11-16-38(10)29(36)13-12-26-33-32(24(3)4)27(40)21-39(33,19-18-37(26,38)9)25(5)20-30(41)42/h23-26,28-29H,11-22H2,1-10H3,(H,41,42)(H,44,45). The number of ether oxygens (including phenoxy) is 1.